The highest BCUT2D eigenvalue weighted by atomic mass is 16.2. The van der Waals surface area contributed by atoms with Gasteiger partial charge in [0.15, 0.2) is 0 Å². The Morgan fingerprint density at radius 1 is 1.41 bits per heavy atom. The molecule has 0 aliphatic carbocycles. The predicted octanol–water partition coefficient (Wildman–Crippen LogP) is 0.807. The molecule has 94 valence electrons. The van der Waals surface area contributed by atoms with Crippen LogP contribution in [0, 0.1) is 11.3 Å². The van der Waals surface area contributed by atoms with Crippen LogP contribution in [0.25, 0.3) is 0 Å². The van der Waals surface area contributed by atoms with Crippen molar-refractivity contribution in [3.05, 3.63) is 0 Å². The minimum atomic E-state index is -0.569. The molecule has 1 N–H and O–H groups in total. The second-order valence-corrected chi connectivity index (χ2v) is 4.52. The highest BCUT2D eigenvalue weighted by Gasteiger charge is 2.29. The molecule has 1 unspecified atom stereocenters. The van der Waals surface area contributed by atoms with Crippen molar-refractivity contribution >= 4 is 11.8 Å². The largest absolute Gasteiger partial charge is 0.300 e. The lowest BCUT2D eigenvalue weighted by Gasteiger charge is -2.23. The van der Waals surface area contributed by atoms with Gasteiger partial charge in [0.1, 0.15) is 5.54 Å². The average Bonchev–Trinajstić information content (AvgIpc) is 2.61. The van der Waals surface area contributed by atoms with Crippen molar-refractivity contribution in [1.29, 1.82) is 5.26 Å². The molecule has 5 nitrogen and oxygen atoms in total. The number of imide groups is 1. The fourth-order valence-corrected chi connectivity index (χ4v) is 2.04. The Labute approximate surface area is 102 Å². The van der Waals surface area contributed by atoms with E-state index in [-0.39, 0.29) is 11.8 Å². The average molecular weight is 237 g/mol. The molecule has 0 spiro atoms. The van der Waals surface area contributed by atoms with Crippen LogP contribution < -0.4 is 5.32 Å². The van der Waals surface area contributed by atoms with E-state index in [1.54, 1.807) is 0 Å². The number of hydrogen-bond acceptors (Lipinski definition) is 4. The van der Waals surface area contributed by atoms with E-state index in [9.17, 15) is 9.59 Å². The van der Waals surface area contributed by atoms with Crippen molar-refractivity contribution < 1.29 is 9.59 Å². The third-order valence-electron chi connectivity index (χ3n) is 3.03. The normalized spacial score (nSPS) is 19.2. The number of nitriles is 1. The van der Waals surface area contributed by atoms with Gasteiger partial charge in [0.05, 0.1) is 6.07 Å². The van der Waals surface area contributed by atoms with Gasteiger partial charge in [-0.3, -0.25) is 19.8 Å². The first kappa shape index (κ1) is 13.7. The quantitative estimate of drug-likeness (QED) is 0.694. The summed E-state index contributed by atoms with van der Waals surface area (Å²) < 4.78 is 0. The van der Waals surface area contributed by atoms with Crippen LogP contribution in [0.15, 0.2) is 0 Å². The van der Waals surface area contributed by atoms with Crippen LogP contribution in [-0.4, -0.2) is 35.3 Å². The first-order valence-corrected chi connectivity index (χ1v) is 6.02. The van der Waals surface area contributed by atoms with Crippen molar-refractivity contribution in [3.8, 4) is 6.07 Å². The van der Waals surface area contributed by atoms with Crippen LogP contribution in [-0.2, 0) is 9.59 Å². The van der Waals surface area contributed by atoms with Gasteiger partial charge in [-0.2, -0.15) is 5.26 Å². The number of rotatable bonds is 6. The molecule has 0 bridgehead atoms. The summed E-state index contributed by atoms with van der Waals surface area (Å²) in [6, 6.07) is 2.23. The highest BCUT2D eigenvalue weighted by Crippen LogP contribution is 2.16. The first-order chi connectivity index (χ1) is 8.02. The summed E-state index contributed by atoms with van der Waals surface area (Å²) >= 11 is 0. The molecule has 17 heavy (non-hydrogen) atoms. The zero-order valence-electron chi connectivity index (χ0n) is 10.5. The second kappa shape index (κ2) is 5.78. The minimum Gasteiger partial charge on any atom is -0.300 e. The summed E-state index contributed by atoms with van der Waals surface area (Å²) in [5.74, 6) is -0.172. The van der Waals surface area contributed by atoms with Gasteiger partial charge in [0.2, 0.25) is 11.8 Å². The third kappa shape index (κ3) is 3.53. The van der Waals surface area contributed by atoms with E-state index in [0.717, 1.165) is 6.54 Å². The predicted molar refractivity (Wildman–Crippen MR) is 62.9 cm³/mol. The van der Waals surface area contributed by atoms with Gasteiger partial charge in [-0.15, -0.1) is 0 Å². The summed E-state index contributed by atoms with van der Waals surface area (Å²) in [7, 11) is 0. The number of carbonyl (C=O) groups is 2. The van der Waals surface area contributed by atoms with Gasteiger partial charge in [-0.1, -0.05) is 6.92 Å². The van der Waals surface area contributed by atoms with Crippen LogP contribution in [0.2, 0.25) is 0 Å². The minimum absolute atomic E-state index is 0.0860. The Morgan fingerprint density at radius 3 is 2.47 bits per heavy atom. The standard InChI is InChI=1S/C12H19N3O2/c1-3-14-12(2,9-13)7-4-8-15-10(16)5-6-11(15)17/h14H,3-8H2,1-2H3. The molecule has 1 fully saturated rings. The third-order valence-corrected chi connectivity index (χ3v) is 3.03. The topological polar surface area (TPSA) is 73.2 Å². The summed E-state index contributed by atoms with van der Waals surface area (Å²) in [6.45, 7) is 4.94. The molecule has 1 saturated heterocycles. The molecule has 1 aliphatic rings. The lowest BCUT2D eigenvalue weighted by molar-refractivity contribution is -0.138. The van der Waals surface area contributed by atoms with Crippen molar-refractivity contribution in [3.63, 3.8) is 0 Å². The van der Waals surface area contributed by atoms with Crippen molar-refractivity contribution in [2.45, 2.75) is 45.1 Å². The van der Waals surface area contributed by atoms with Gasteiger partial charge >= 0.3 is 0 Å². The van der Waals surface area contributed by atoms with E-state index in [0.29, 0.717) is 32.2 Å². The molecule has 2 amide bonds. The fourth-order valence-electron chi connectivity index (χ4n) is 2.04. The molecular weight excluding hydrogens is 218 g/mol. The summed E-state index contributed by atoms with van der Waals surface area (Å²) in [5.41, 5.74) is -0.569. The Balaban J connectivity index is 2.39. The lowest BCUT2D eigenvalue weighted by Crippen LogP contribution is -2.41. The van der Waals surface area contributed by atoms with Gasteiger partial charge in [0, 0.05) is 19.4 Å². The van der Waals surface area contributed by atoms with Gasteiger partial charge in [0.25, 0.3) is 0 Å². The second-order valence-electron chi connectivity index (χ2n) is 4.52. The van der Waals surface area contributed by atoms with E-state index < -0.39 is 5.54 Å². The van der Waals surface area contributed by atoms with E-state index in [2.05, 4.69) is 11.4 Å². The molecule has 1 rings (SSSR count). The zero-order chi connectivity index (χ0) is 12.9. The SMILES string of the molecule is CCNC(C)(C#N)CCCN1C(=O)CCC1=O. The van der Waals surface area contributed by atoms with Crippen molar-refractivity contribution in [2.75, 3.05) is 13.1 Å². The number of hydrogen-bond donors (Lipinski definition) is 1. The Morgan fingerprint density at radius 2 is 2.00 bits per heavy atom. The number of carbonyl (C=O) groups excluding carboxylic acids is 2. The maximum absolute atomic E-state index is 11.4. The monoisotopic (exact) mass is 237 g/mol. The van der Waals surface area contributed by atoms with E-state index >= 15 is 0 Å². The molecule has 1 heterocycles. The number of nitrogens with one attached hydrogen (secondary N) is 1. The van der Waals surface area contributed by atoms with Crippen LogP contribution in [0.5, 0.6) is 0 Å². The molecule has 1 aliphatic heterocycles. The molecular formula is C12H19N3O2. The molecule has 5 heteroatoms. The summed E-state index contributed by atoms with van der Waals surface area (Å²) in [5, 5.41) is 12.2. The first-order valence-electron chi connectivity index (χ1n) is 6.02. The molecule has 0 aromatic heterocycles. The van der Waals surface area contributed by atoms with Crippen LogP contribution in [0.3, 0.4) is 0 Å². The molecule has 0 radical (unpaired) electrons. The molecule has 0 saturated carbocycles. The van der Waals surface area contributed by atoms with E-state index in [4.69, 9.17) is 5.26 Å². The van der Waals surface area contributed by atoms with E-state index in [1.165, 1.54) is 4.90 Å². The molecule has 0 aromatic rings. The fraction of sp³-hybridized carbons (Fsp3) is 0.750. The van der Waals surface area contributed by atoms with E-state index in [1.807, 2.05) is 13.8 Å². The number of amides is 2. The van der Waals surface area contributed by atoms with Crippen LogP contribution >= 0.6 is 0 Å². The Hall–Kier alpha value is -1.41. The molecule has 1 atom stereocenters. The van der Waals surface area contributed by atoms with Crippen LogP contribution in [0.4, 0.5) is 0 Å². The molecule has 0 aromatic carbocycles. The summed E-state index contributed by atoms with van der Waals surface area (Å²) in [4.78, 5) is 24.0. The number of likely N-dealkylation sites (tertiary alicyclic amines) is 1. The van der Waals surface area contributed by atoms with Gasteiger partial charge < -0.3 is 0 Å². The van der Waals surface area contributed by atoms with Crippen LogP contribution in [0.1, 0.15) is 39.5 Å². The Kier molecular flexibility index (Phi) is 4.64. The van der Waals surface area contributed by atoms with Crippen molar-refractivity contribution in [2.24, 2.45) is 0 Å². The highest BCUT2D eigenvalue weighted by molar-refractivity contribution is 6.01. The summed E-state index contributed by atoms with van der Waals surface area (Å²) in [6.07, 6.45) is 1.96. The number of nitrogens with zero attached hydrogens (tertiary/aromatic N) is 2. The zero-order valence-corrected chi connectivity index (χ0v) is 10.5. The smallest absolute Gasteiger partial charge is 0.229 e. The van der Waals surface area contributed by atoms with Gasteiger partial charge in [-0.05, 0) is 26.3 Å². The maximum atomic E-state index is 11.4. The lowest BCUT2D eigenvalue weighted by atomic mass is 9.97. The Bertz CT molecular complexity index is 332. The van der Waals surface area contributed by atoms with Gasteiger partial charge in [-0.25, -0.2) is 0 Å². The van der Waals surface area contributed by atoms with Crippen molar-refractivity contribution in [1.82, 2.24) is 10.2 Å². The maximum Gasteiger partial charge on any atom is 0.229 e.